The van der Waals surface area contributed by atoms with Crippen LogP contribution in [-0.2, 0) is 4.79 Å². The molecule has 0 bridgehead atoms. The van der Waals surface area contributed by atoms with Crippen molar-refractivity contribution in [1.82, 2.24) is 0 Å². The first-order valence-electron chi connectivity index (χ1n) is 6.32. The summed E-state index contributed by atoms with van der Waals surface area (Å²) in [5.74, 6) is -0.150. The van der Waals surface area contributed by atoms with Crippen molar-refractivity contribution in [2.24, 2.45) is 0 Å². The predicted octanol–water partition coefficient (Wildman–Crippen LogP) is 4.33. The van der Waals surface area contributed by atoms with Gasteiger partial charge in [-0.2, -0.15) is 5.26 Å². The van der Waals surface area contributed by atoms with E-state index in [-0.39, 0.29) is 11.2 Å². The number of amides is 1. The van der Waals surface area contributed by atoms with Crippen molar-refractivity contribution in [2.75, 3.05) is 5.32 Å². The fraction of sp³-hybridized carbons (Fsp3) is 0.125. The van der Waals surface area contributed by atoms with Gasteiger partial charge in [-0.05, 0) is 37.3 Å². The molecule has 2 rings (SSSR count). The first-order valence-corrected chi connectivity index (χ1v) is 7.58. The Morgan fingerprint density at radius 2 is 2.05 bits per heavy atom. The first-order chi connectivity index (χ1) is 10.1. The van der Waals surface area contributed by atoms with E-state index in [1.807, 2.05) is 25.1 Å². The lowest BCUT2D eigenvalue weighted by molar-refractivity contribution is -0.115. The molecule has 0 spiro atoms. The van der Waals surface area contributed by atoms with Crippen LogP contribution in [0.1, 0.15) is 12.5 Å². The van der Waals surface area contributed by atoms with Crippen LogP contribution in [0.25, 0.3) is 0 Å². The fourth-order valence-electron chi connectivity index (χ4n) is 1.72. The average molecular weight is 317 g/mol. The van der Waals surface area contributed by atoms with Gasteiger partial charge in [-0.25, -0.2) is 0 Å². The van der Waals surface area contributed by atoms with E-state index in [2.05, 4.69) is 11.4 Å². The molecule has 5 heteroatoms. The molecule has 1 unspecified atom stereocenters. The van der Waals surface area contributed by atoms with Gasteiger partial charge in [0.15, 0.2) is 0 Å². The van der Waals surface area contributed by atoms with E-state index in [1.54, 1.807) is 30.3 Å². The van der Waals surface area contributed by atoms with Crippen LogP contribution in [0.2, 0.25) is 5.02 Å². The lowest BCUT2D eigenvalue weighted by Gasteiger charge is -2.13. The number of nitrogens with one attached hydrogen (secondary N) is 1. The lowest BCUT2D eigenvalue weighted by atomic mass is 10.2. The third kappa shape index (κ3) is 4.25. The molecule has 0 aliphatic rings. The summed E-state index contributed by atoms with van der Waals surface area (Å²) >= 11 is 7.35. The number of benzene rings is 2. The molecule has 21 heavy (non-hydrogen) atoms. The van der Waals surface area contributed by atoms with Crippen LogP contribution < -0.4 is 5.32 Å². The molecule has 1 atom stereocenters. The minimum Gasteiger partial charge on any atom is -0.324 e. The quantitative estimate of drug-likeness (QED) is 0.854. The van der Waals surface area contributed by atoms with Gasteiger partial charge in [0.1, 0.15) is 6.07 Å². The van der Waals surface area contributed by atoms with Crippen LogP contribution in [0.15, 0.2) is 53.4 Å². The number of para-hydroxylation sites is 1. The number of hydrogen-bond donors (Lipinski definition) is 1. The summed E-state index contributed by atoms with van der Waals surface area (Å²) in [5, 5.41) is 12.1. The van der Waals surface area contributed by atoms with Crippen LogP contribution in [0, 0.1) is 11.3 Å². The third-order valence-corrected chi connectivity index (χ3v) is 4.11. The summed E-state index contributed by atoms with van der Waals surface area (Å²) in [6.45, 7) is 1.82. The Morgan fingerprint density at radius 3 is 2.76 bits per heavy atom. The summed E-state index contributed by atoms with van der Waals surface area (Å²) in [6.07, 6.45) is 0. The average Bonchev–Trinajstić information content (AvgIpc) is 2.47. The topological polar surface area (TPSA) is 52.9 Å². The van der Waals surface area contributed by atoms with Crippen molar-refractivity contribution >= 4 is 35.0 Å². The second-order valence-corrected chi connectivity index (χ2v) is 6.21. The summed E-state index contributed by atoms with van der Waals surface area (Å²) in [4.78, 5) is 13.1. The molecule has 1 amide bonds. The molecule has 0 saturated heterocycles. The Hall–Kier alpha value is -1.96. The standard InChI is InChI=1S/C16H13ClN2OS/c1-11(21-14-7-4-6-13(17)9-14)16(20)19-15-8-3-2-5-12(15)10-18/h2-9,11H,1H3,(H,19,20). The summed E-state index contributed by atoms with van der Waals surface area (Å²) in [6, 6.07) is 16.4. The summed E-state index contributed by atoms with van der Waals surface area (Å²) in [5.41, 5.74) is 0.981. The van der Waals surface area contributed by atoms with Gasteiger partial charge >= 0.3 is 0 Å². The van der Waals surface area contributed by atoms with Gasteiger partial charge in [-0.15, -0.1) is 11.8 Å². The van der Waals surface area contributed by atoms with E-state index in [4.69, 9.17) is 16.9 Å². The molecule has 3 nitrogen and oxygen atoms in total. The second-order valence-electron chi connectivity index (χ2n) is 4.36. The monoisotopic (exact) mass is 316 g/mol. The van der Waals surface area contributed by atoms with Gasteiger partial charge in [0.25, 0.3) is 0 Å². The van der Waals surface area contributed by atoms with Crippen molar-refractivity contribution in [3.8, 4) is 6.07 Å². The number of thioether (sulfide) groups is 1. The molecule has 0 aliphatic heterocycles. The van der Waals surface area contributed by atoms with Gasteiger partial charge in [0.05, 0.1) is 16.5 Å². The van der Waals surface area contributed by atoms with Gasteiger partial charge < -0.3 is 5.32 Å². The van der Waals surface area contributed by atoms with E-state index in [1.165, 1.54) is 11.8 Å². The molecular formula is C16H13ClN2OS. The van der Waals surface area contributed by atoms with Crippen molar-refractivity contribution in [2.45, 2.75) is 17.1 Å². The van der Waals surface area contributed by atoms with Gasteiger partial charge in [0, 0.05) is 9.92 Å². The number of hydrogen-bond acceptors (Lipinski definition) is 3. The van der Waals surface area contributed by atoms with Crippen LogP contribution in [0.4, 0.5) is 5.69 Å². The molecule has 0 saturated carbocycles. The number of anilines is 1. The van der Waals surface area contributed by atoms with Crippen molar-refractivity contribution in [3.05, 3.63) is 59.1 Å². The smallest absolute Gasteiger partial charge is 0.237 e. The predicted molar refractivity (Wildman–Crippen MR) is 86.6 cm³/mol. The molecule has 2 aromatic rings. The lowest BCUT2D eigenvalue weighted by Crippen LogP contribution is -2.22. The molecule has 106 valence electrons. The largest absolute Gasteiger partial charge is 0.324 e. The first kappa shape index (κ1) is 15.4. The molecular weight excluding hydrogens is 304 g/mol. The maximum absolute atomic E-state index is 12.2. The molecule has 0 radical (unpaired) electrons. The minimum absolute atomic E-state index is 0.150. The maximum atomic E-state index is 12.2. The Bertz CT molecular complexity index is 697. The van der Waals surface area contributed by atoms with Gasteiger partial charge in [0.2, 0.25) is 5.91 Å². The fourth-order valence-corrected chi connectivity index (χ4v) is 2.90. The Kier molecular flexibility index (Phi) is 5.26. The Balaban J connectivity index is 2.05. The van der Waals surface area contributed by atoms with Gasteiger partial charge in [-0.1, -0.05) is 29.8 Å². The third-order valence-electron chi connectivity index (χ3n) is 2.78. The van der Waals surface area contributed by atoms with E-state index >= 15 is 0 Å². The Labute approximate surface area is 132 Å². The number of carbonyl (C=O) groups excluding carboxylic acids is 1. The summed E-state index contributed by atoms with van der Waals surface area (Å²) in [7, 11) is 0. The van der Waals surface area contributed by atoms with E-state index in [9.17, 15) is 4.79 Å². The van der Waals surface area contributed by atoms with Crippen molar-refractivity contribution in [3.63, 3.8) is 0 Å². The van der Waals surface area contributed by atoms with Crippen LogP contribution in [-0.4, -0.2) is 11.2 Å². The van der Waals surface area contributed by atoms with Crippen molar-refractivity contribution < 1.29 is 4.79 Å². The second kappa shape index (κ2) is 7.16. The molecule has 2 aromatic carbocycles. The number of halogens is 1. The molecule has 0 aromatic heterocycles. The van der Waals surface area contributed by atoms with Crippen LogP contribution >= 0.6 is 23.4 Å². The number of nitrogens with zero attached hydrogens (tertiary/aromatic N) is 1. The highest BCUT2D eigenvalue weighted by Gasteiger charge is 2.15. The zero-order chi connectivity index (χ0) is 15.2. The van der Waals surface area contributed by atoms with E-state index < -0.39 is 0 Å². The zero-order valence-electron chi connectivity index (χ0n) is 11.3. The van der Waals surface area contributed by atoms with Crippen molar-refractivity contribution in [1.29, 1.82) is 5.26 Å². The molecule has 0 fully saturated rings. The Morgan fingerprint density at radius 1 is 1.29 bits per heavy atom. The SMILES string of the molecule is CC(Sc1cccc(Cl)c1)C(=O)Nc1ccccc1C#N. The van der Waals surface area contributed by atoms with E-state index in [0.717, 1.165) is 4.90 Å². The molecule has 1 N–H and O–H groups in total. The highest BCUT2D eigenvalue weighted by atomic mass is 35.5. The zero-order valence-corrected chi connectivity index (χ0v) is 12.9. The van der Waals surface area contributed by atoms with Crippen LogP contribution in [0.5, 0.6) is 0 Å². The number of rotatable bonds is 4. The highest BCUT2D eigenvalue weighted by Crippen LogP contribution is 2.26. The molecule has 0 heterocycles. The van der Waals surface area contributed by atoms with E-state index in [0.29, 0.717) is 16.3 Å². The minimum atomic E-state index is -0.296. The maximum Gasteiger partial charge on any atom is 0.237 e. The number of carbonyl (C=O) groups is 1. The molecule has 0 aliphatic carbocycles. The van der Waals surface area contributed by atoms with Crippen LogP contribution in [0.3, 0.4) is 0 Å². The van der Waals surface area contributed by atoms with Gasteiger partial charge in [-0.3, -0.25) is 4.79 Å². The normalized spacial score (nSPS) is 11.5. The highest BCUT2D eigenvalue weighted by molar-refractivity contribution is 8.00. The number of nitriles is 1. The summed E-state index contributed by atoms with van der Waals surface area (Å²) < 4.78 is 0.